The van der Waals surface area contributed by atoms with Crippen molar-refractivity contribution in [2.45, 2.75) is 41.4 Å². The molecule has 2 N–H and O–H groups in total. The zero-order chi connectivity index (χ0) is 14.0. The Bertz CT molecular complexity index is 471. The molecule has 2 aliphatic heterocycles. The van der Waals surface area contributed by atoms with Crippen molar-refractivity contribution in [3.8, 4) is 0 Å². The number of halogens is 1. The summed E-state index contributed by atoms with van der Waals surface area (Å²) >= 11 is 5.55. The van der Waals surface area contributed by atoms with E-state index in [1.54, 1.807) is 0 Å². The fourth-order valence-corrected chi connectivity index (χ4v) is 4.92. The molecule has 0 aliphatic carbocycles. The average Bonchev–Trinajstić information content (AvgIpc) is 2.43. The zero-order valence-electron chi connectivity index (χ0n) is 11.4. The van der Waals surface area contributed by atoms with Crippen molar-refractivity contribution in [3.63, 3.8) is 0 Å². The van der Waals surface area contributed by atoms with Crippen LogP contribution in [0.25, 0.3) is 0 Å². The molecule has 3 nitrogen and oxygen atoms in total. The average molecular weight is 358 g/mol. The van der Waals surface area contributed by atoms with Crippen molar-refractivity contribution in [3.05, 3.63) is 22.7 Å². The Labute approximate surface area is 132 Å². The van der Waals surface area contributed by atoms with E-state index in [2.05, 4.69) is 22.0 Å². The summed E-state index contributed by atoms with van der Waals surface area (Å²) in [6.45, 7) is 2.54. The summed E-state index contributed by atoms with van der Waals surface area (Å²) in [6.07, 6.45) is 4.31. The molecule has 0 aromatic heterocycles. The number of hydrogen-bond donors (Lipinski definition) is 1. The molecule has 5 heteroatoms. The monoisotopic (exact) mass is 357 g/mol. The largest absolute Gasteiger partial charge is 0.399 e. The summed E-state index contributed by atoms with van der Waals surface area (Å²) < 4.78 is 12.7. The van der Waals surface area contributed by atoms with Crippen molar-refractivity contribution in [1.82, 2.24) is 0 Å². The number of nitrogens with two attached hydrogens (primary N) is 1. The molecule has 1 aromatic rings. The van der Waals surface area contributed by atoms with Gasteiger partial charge >= 0.3 is 0 Å². The van der Waals surface area contributed by atoms with Crippen LogP contribution in [0.1, 0.15) is 25.7 Å². The molecule has 3 rings (SSSR count). The number of benzene rings is 1. The molecule has 0 bridgehead atoms. The van der Waals surface area contributed by atoms with Crippen LogP contribution in [0.2, 0.25) is 0 Å². The number of rotatable bonds is 2. The van der Waals surface area contributed by atoms with Crippen LogP contribution >= 0.6 is 27.7 Å². The molecule has 2 saturated heterocycles. The van der Waals surface area contributed by atoms with E-state index in [1.807, 2.05) is 23.9 Å². The molecule has 2 aliphatic rings. The Morgan fingerprint density at radius 2 is 2.05 bits per heavy atom. The second kappa shape index (κ2) is 6.26. The van der Waals surface area contributed by atoms with Crippen LogP contribution in [0.5, 0.6) is 0 Å². The summed E-state index contributed by atoms with van der Waals surface area (Å²) in [7, 11) is 0. The molecule has 20 heavy (non-hydrogen) atoms. The predicted molar refractivity (Wildman–Crippen MR) is 86.2 cm³/mol. The maximum absolute atomic E-state index is 6.10. The standard InChI is InChI=1S/C15H20BrNO2S/c16-13-9-11(17)1-2-14(13)20-12-3-6-19-15(10-12)4-7-18-8-5-15/h1-2,9,12H,3-8,10,17H2. The molecular weight excluding hydrogens is 338 g/mol. The topological polar surface area (TPSA) is 44.5 Å². The first-order chi connectivity index (χ1) is 9.67. The van der Waals surface area contributed by atoms with Crippen molar-refractivity contribution >= 4 is 33.4 Å². The molecule has 2 fully saturated rings. The van der Waals surface area contributed by atoms with E-state index in [1.165, 1.54) is 4.90 Å². The molecular formula is C15H20BrNO2S. The lowest BCUT2D eigenvalue weighted by molar-refractivity contribution is -0.131. The Morgan fingerprint density at radius 1 is 1.25 bits per heavy atom. The fraction of sp³-hybridized carbons (Fsp3) is 0.600. The maximum atomic E-state index is 6.10. The summed E-state index contributed by atoms with van der Waals surface area (Å²) in [4.78, 5) is 1.27. The lowest BCUT2D eigenvalue weighted by Crippen LogP contribution is -2.45. The third kappa shape index (κ3) is 3.32. The van der Waals surface area contributed by atoms with Crippen LogP contribution in [0.3, 0.4) is 0 Å². The third-order valence-corrected chi connectivity index (χ3v) is 6.37. The summed E-state index contributed by atoms with van der Waals surface area (Å²) in [6, 6.07) is 6.05. The second-order valence-corrected chi connectivity index (χ2v) is 7.76. The molecule has 0 amide bonds. The van der Waals surface area contributed by atoms with Gasteiger partial charge in [0.2, 0.25) is 0 Å². The van der Waals surface area contributed by atoms with Gasteiger partial charge in [-0.1, -0.05) is 0 Å². The number of hydrogen-bond acceptors (Lipinski definition) is 4. The third-order valence-electron chi connectivity index (χ3n) is 4.10. The summed E-state index contributed by atoms with van der Waals surface area (Å²) in [5, 5.41) is 0.613. The Balaban J connectivity index is 1.68. The number of thioether (sulfide) groups is 1. The van der Waals surface area contributed by atoms with Crippen molar-refractivity contribution < 1.29 is 9.47 Å². The molecule has 0 saturated carbocycles. The van der Waals surface area contributed by atoms with Gasteiger partial charge in [-0.25, -0.2) is 0 Å². The first kappa shape index (κ1) is 14.7. The van der Waals surface area contributed by atoms with Gasteiger partial charge in [-0.05, 0) is 59.8 Å². The molecule has 1 spiro atoms. The number of nitrogen functional groups attached to an aromatic ring is 1. The smallest absolute Gasteiger partial charge is 0.0737 e. The Hall–Kier alpha value is -0.230. The Kier molecular flexibility index (Phi) is 4.60. The first-order valence-electron chi connectivity index (χ1n) is 7.10. The molecule has 1 aromatic carbocycles. The first-order valence-corrected chi connectivity index (χ1v) is 8.78. The van der Waals surface area contributed by atoms with Gasteiger partial charge in [0.1, 0.15) is 0 Å². The van der Waals surface area contributed by atoms with Gasteiger partial charge in [0.25, 0.3) is 0 Å². The number of anilines is 1. The molecule has 110 valence electrons. The minimum Gasteiger partial charge on any atom is -0.399 e. The number of ether oxygens (including phenoxy) is 2. The van der Waals surface area contributed by atoms with Crippen LogP contribution in [0.15, 0.2) is 27.6 Å². The minimum absolute atomic E-state index is 0.0639. The van der Waals surface area contributed by atoms with Crippen LogP contribution in [-0.2, 0) is 9.47 Å². The van der Waals surface area contributed by atoms with E-state index in [0.29, 0.717) is 5.25 Å². The van der Waals surface area contributed by atoms with Crippen LogP contribution < -0.4 is 5.73 Å². The van der Waals surface area contributed by atoms with Gasteiger partial charge < -0.3 is 15.2 Å². The van der Waals surface area contributed by atoms with E-state index in [0.717, 1.165) is 55.7 Å². The van der Waals surface area contributed by atoms with Crippen molar-refractivity contribution in [1.29, 1.82) is 0 Å². The normalized spacial score (nSPS) is 25.8. The highest BCUT2D eigenvalue weighted by Gasteiger charge is 2.39. The van der Waals surface area contributed by atoms with E-state index >= 15 is 0 Å². The van der Waals surface area contributed by atoms with Gasteiger partial charge in [-0.2, -0.15) is 0 Å². The SMILES string of the molecule is Nc1ccc(SC2CCOC3(CCOCC3)C2)c(Br)c1. The lowest BCUT2D eigenvalue weighted by atomic mass is 9.86. The van der Waals surface area contributed by atoms with Crippen LogP contribution in [0, 0.1) is 0 Å². The molecule has 1 atom stereocenters. The van der Waals surface area contributed by atoms with Gasteiger partial charge in [0, 0.05) is 40.1 Å². The summed E-state index contributed by atoms with van der Waals surface area (Å²) in [5.41, 5.74) is 6.66. The highest BCUT2D eigenvalue weighted by molar-refractivity contribution is 9.10. The van der Waals surface area contributed by atoms with E-state index in [9.17, 15) is 0 Å². The quantitative estimate of drug-likeness (QED) is 0.816. The molecule has 2 heterocycles. The lowest BCUT2D eigenvalue weighted by Gasteiger charge is -2.43. The van der Waals surface area contributed by atoms with Crippen LogP contribution in [0.4, 0.5) is 5.69 Å². The van der Waals surface area contributed by atoms with Gasteiger partial charge in [-0.15, -0.1) is 11.8 Å². The summed E-state index contributed by atoms with van der Waals surface area (Å²) in [5.74, 6) is 0. The highest BCUT2D eigenvalue weighted by atomic mass is 79.9. The predicted octanol–water partition coefficient (Wildman–Crippen LogP) is 3.85. The second-order valence-electron chi connectivity index (χ2n) is 5.57. The van der Waals surface area contributed by atoms with Gasteiger partial charge in [0.15, 0.2) is 0 Å². The Morgan fingerprint density at radius 3 is 2.80 bits per heavy atom. The maximum Gasteiger partial charge on any atom is 0.0737 e. The van der Waals surface area contributed by atoms with Crippen molar-refractivity contribution in [2.24, 2.45) is 0 Å². The van der Waals surface area contributed by atoms with Gasteiger partial charge in [0.05, 0.1) is 5.60 Å². The van der Waals surface area contributed by atoms with Crippen molar-refractivity contribution in [2.75, 3.05) is 25.6 Å². The van der Waals surface area contributed by atoms with E-state index < -0.39 is 0 Å². The van der Waals surface area contributed by atoms with E-state index in [-0.39, 0.29) is 5.60 Å². The van der Waals surface area contributed by atoms with Gasteiger partial charge in [-0.3, -0.25) is 0 Å². The highest BCUT2D eigenvalue weighted by Crippen LogP contribution is 2.42. The molecule has 1 unspecified atom stereocenters. The van der Waals surface area contributed by atoms with Crippen LogP contribution in [-0.4, -0.2) is 30.7 Å². The zero-order valence-corrected chi connectivity index (χ0v) is 13.8. The minimum atomic E-state index is 0.0639. The van der Waals surface area contributed by atoms with E-state index in [4.69, 9.17) is 15.2 Å². The fourth-order valence-electron chi connectivity index (χ4n) is 2.97. The molecule has 0 radical (unpaired) electrons.